The summed E-state index contributed by atoms with van der Waals surface area (Å²) in [5.41, 5.74) is 0.480. The molecule has 0 atom stereocenters. The molecule has 0 aromatic carbocycles. The molecule has 0 bridgehead atoms. The van der Waals surface area contributed by atoms with Crippen LogP contribution in [0.2, 0.25) is 0 Å². The summed E-state index contributed by atoms with van der Waals surface area (Å²) in [4.78, 5) is 10.0. The van der Waals surface area contributed by atoms with E-state index in [0.29, 0.717) is 19.3 Å². The minimum absolute atomic E-state index is 0.233. The van der Waals surface area contributed by atoms with Gasteiger partial charge in [0.1, 0.15) is 0 Å². The molecule has 0 aliphatic heterocycles. The van der Waals surface area contributed by atoms with Crippen LogP contribution in [0.1, 0.15) is 6.42 Å². The van der Waals surface area contributed by atoms with Crippen LogP contribution in [0.3, 0.4) is 0 Å². The van der Waals surface area contributed by atoms with Gasteiger partial charge in [-0.05, 0) is 0 Å². The molecular formula is C7H11NO2. The summed E-state index contributed by atoms with van der Waals surface area (Å²) in [5, 5.41) is 7.19. The van der Waals surface area contributed by atoms with Gasteiger partial charge >= 0.3 is 0 Å². The lowest BCUT2D eigenvalue weighted by molar-refractivity contribution is -0.104. The molecule has 0 heterocycles. The molecule has 0 aromatic heterocycles. The lowest BCUT2D eigenvalue weighted by Crippen LogP contribution is -2.04. The van der Waals surface area contributed by atoms with Crippen LogP contribution in [0, 0.1) is 5.41 Å². The van der Waals surface area contributed by atoms with E-state index in [4.69, 9.17) is 10.1 Å². The SMILES string of the molecule is C=C(C=O)C(=N)CCOC. The van der Waals surface area contributed by atoms with Crippen LogP contribution in [-0.2, 0) is 9.53 Å². The molecule has 10 heavy (non-hydrogen) atoms. The maximum atomic E-state index is 10.0. The van der Waals surface area contributed by atoms with Gasteiger partial charge in [0.2, 0.25) is 0 Å². The molecular weight excluding hydrogens is 130 g/mol. The minimum Gasteiger partial charge on any atom is -0.384 e. The number of hydrogen-bond acceptors (Lipinski definition) is 3. The zero-order valence-electron chi connectivity index (χ0n) is 6.02. The second kappa shape index (κ2) is 4.88. The van der Waals surface area contributed by atoms with E-state index in [-0.39, 0.29) is 11.3 Å². The summed E-state index contributed by atoms with van der Waals surface area (Å²) in [6, 6.07) is 0. The van der Waals surface area contributed by atoms with E-state index in [2.05, 4.69) is 6.58 Å². The van der Waals surface area contributed by atoms with Gasteiger partial charge in [-0.2, -0.15) is 0 Å². The molecule has 0 unspecified atom stereocenters. The highest BCUT2D eigenvalue weighted by molar-refractivity contribution is 6.12. The summed E-state index contributed by atoms with van der Waals surface area (Å²) in [7, 11) is 1.55. The Hall–Kier alpha value is -0.960. The highest BCUT2D eigenvalue weighted by Gasteiger charge is 1.99. The number of carbonyl (C=O) groups is 1. The van der Waals surface area contributed by atoms with E-state index in [1.54, 1.807) is 7.11 Å². The van der Waals surface area contributed by atoms with Crippen molar-refractivity contribution in [2.45, 2.75) is 6.42 Å². The van der Waals surface area contributed by atoms with Crippen LogP contribution < -0.4 is 0 Å². The van der Waals surface area contributed by atoms with Gasteiger partial charge in [-0.3, -0.25) is 4.79 Å². The van der Waals surface area contributed by atoms with Gasteiger partial charge in [-0.15, -0.1) is 0 Å². The van der Waals surface area contributed by atoms with Gasteiger partial charge in [-0.1, -0.05) is 6.58 Å². The Morgan fingerprint density at radius 2 is 2.40 bits per heavy atom. The molecule has 0 saturated carbocycles. The first-order chi connectivity index (χ1) is 4.72. The van der Waals surface area contributed by atoms with Crippen molar-refractivity contribution in [1.29, 1.82) is 5.41 Å². The van der Waals surface area contributed by atoms with Crippen LogP contribution in [-0.4, -0.2) is 25.7 Å². The van der Waals surface area contributed by atoms with Crippen molar-refractivity contribution in [2.24, 2.45) is 0 Å². The molecule has 0 aliphatic carbocycles. The molecule has 0 radical (unpaired) electrons. The maximum Gasteiger partial charge on any atom is 0.151 e. The van der Waals surface area contributed by atoms with Crippen molar-refractivity contribution in [3.63, 3.8) is 0 Å². The van der Waals surface area contributed by atoms with Crippen molar-refractivity contribution in [2.75, 3.05) is 13.7 Å². The number of carbonyl (C=O) groups excluding carboxylic acids is 1. The van der Waals surface area contributed by atoms with Crippen LogP contribution in [0.15, 0.2) is 12.2 Å². The van der Waals surface area contributed by atoms with E-state index in [9.17, 15) is 4.79 Å². The summed E-state index contributed by atoms with van der Waals surface area (Å²) >= 11 is 0. The first kappa shape index (κ1) is 9.04. The van der Waals surface area contributed by atoms with Crippen LogP contribution in [0.25, 0.3) is 0 Å². The number of ether oxygens (including phenoxy) is 1. The molecule has 0 aliphatic rings. The topological polar surface area (TPSA) is 50.2 Å². The Labute approximate surface area is 60.2 Å². The number of rotatable bonds is 5. The Morgan fingerprint density at radius 3 is 2.80 bits per heavy atom. The number of hydrogen-bond donors (Lipinski definition) is 1. The average molecular weight is 141 g/mol. The van der Waals surface area contributed by atoms with E-state index < -0.39 is 0 Å². The van der Waals surface area contributed by atoms with Crippen LogP contribution in [0.5, 0.6) is 0 Å². The highest BCUT2D eigenvalue weighted by Crippen LogP contribution is 1.93. The van der Waals surface area contributed by atoms with E-state index in [1.165, 1.54) is 0 Å². The smallest absolute Gasteiger partial charge is 0.151 e. The molecule has 1 N–H and O–H groups in total. The fourth-order valence-corrected chi connectivity index (χ4v) is 0.436. The lowest BCUT2D eigenvalue weighted by Gasteiger charge is -1.98. The Balaban J connectivity index is 3.62. The van der Waals surface area contributed by atoms with Crippen molar-refractivity contribution in [1.82, 2.24) is 0 Å². The largest absolute Gasteiger partial charge is 0.384 e. The van der Waals surface area contributed by atoms with Gasteiger partial charge in [0.25, 0.3) is 0 Å². The first-order valence-corrected chi connectivity index (χ1v) is 2.93. The molecule has 3 nitrogen and oxygen atoms in total. The zero-order chi connectivity index (χ0) is 7.98. The molecule has 0 rings (SSSR count). The third-order valence-electron chi connectivity index (χ3n) is 1.09. The molecule has 0 spiro atoms. The van der Waals surface area contributed by atoms with Crippen LogP contribution >= 0.6 is 0 Å². The van der Waals surface area contributed by atoms with Gasteiger partial charge in [0.05, 0.1) is 6.61 Å². The second-order valence-electron chi connectivity index (χ2n) is 1.86. The van der Waals surface area contributed by atoms with E-state index >= 15 is 0 Å². The number of methoxy groups -OCH3 is 1. The van der Waals surface area contributed by atoms with Crippen molar-refractivity contribution < 1.29 is 9.53 Å². The standard InChI is InChI=1S/C7H11NO2/c1-6(5-9)7(8)3-4-10-2/h5,8H,1,3-4H2,2H3. The molecule has 3 heteroatoms. The predicted octanol–water partition coefficient (Wildman–Crippen LogP) is 0.798. The Morgan fingerprint density at radius 1 is 1.80 bits per heavy atom. The van der Waals surface area contributed by atoms with Crippen LogP contribution in [0.4, 0.5) is 0 Å². The number of nitrogens with one attached hydrogen (secondary N) is 1. The second-order valence-corrected chi connectivity index (χ2v) is 1.86. The Bertz CT molecular complexity index is 152. The molecule has 0 amide bonds. The normalized spacial score (nSPS) is 8.90. The third kappa shape index (κ3) is 3.14. The molecule has 0 fully saturated rings. The fourth-order valence-electron chi connectivity index (χ4n) is 0.436. The van der Waals surface area contributed by atoms with Crippen molar-refractivity contribution in [3.05, 3.63) is 12.2 Å². The van der Waals surface area contributed by atoms with Gasteiger partial charge in [0.15, 0.2) is 6.29 Å². The summed E-state index contributed by atoms with van der Waals surface area (Å²) in [6.45, 7) is 3.84. The minimum atomic E-state index is 0.233. The molecule has 0 aromatic rings. The number of aldehydes is 1. The quantitative estimate of drug-likeness (QED) is 0.349. The molecule has 56 valence electrons. The summed E-state index contributed by atoms with van der Waals surface area (Å²) in [6.07, 6.45) is 1.03. The van der Waals surface area contributed by atoms with Crippen molar-refractivity contribution in [3.8, 4) is 0 Å². The van der Waals surface area contributed by atoms with Gasteiger partial charge < -0.3 is 10.1 Å². The Kier molecular flexibility index (Phi) is 4.41. The first-order valence-electron chi connectivity index (χ1n) is 2.93. The molecule has 0 saturated heterocycles. The highest BCUT2D eigenvalue weighted by atomic mass is 16.5. The monoisotopic (exact) mass is 141 g/mol. The lowest BCUT2D eigenvalue weighted by atomic mass is 10.1. The van der Waals surface area contributed by atoms with E-state index in [0.717, 1.165) is 0 Å². The number of allylic oxidation sites excluding steroid dienone is 1. The maximum absolute atomic E-state index is 10.0. The fraction of sp³-hybridized carbons (Fsp3) is 0.429. The average Bonchev–Trinajstić information content (AvgIpc) is 1.98. The zero-order valence-corrected chi connectivity index (χ0v) is 6.02. The summed E-state index contributed by atoms with van der Waals surface area (Å²) < 4.78 is 4.71. The van der Waals surface area contributed by atoms with Gasteiger partial charge in [0, 0.05) is 24.8 Å². The van der Waals surface area contributed by atoms with Gasteiger partial charge in [-0.25, -0.2) is 0 Å². The third-order valence-corrected chi connectivity index (χ3v) is 1.09. The summed E-state index contributed by atoms with van der Waals surface area (Å²) in [5.74, 6) is 0. The van der Waals surface area contributed by atoms with E-state index in [1.807, 2.05) is 0 Å². The predicted molar refractivity (Wildman–Crippen MR) is 39.4 cm³/mol. The van der Waals surface area contributed by atoms with Crippen molar-refractivity contribution >= 4 is 12.0 Å².